The van der Waals surface area contributed by atoms with Crippen LogP contribution in [0.3, 0.4) is 0 Å². The molecule has 3 rings (SSSR count). The van der Waals surface area contributed by atoms with Gasteiger partial charge in [0, 0.05) is 24.9 Å². The summed E-state index contributed by atoms with van der Waals surface area (Å²) >= 11 is 1.99. The molecule has 3 aliphatic heterocycles. The van der Waals surface area contributed by atoms with E-state index < -0.39 is 5.60 Å². The standard InChI is InChI=1S/C15H27NO3S/c1-14(17,9-13-10-18-6-4-16-13)12-2-5-19-15(8-12)3-7-20-11-15/h12-13,16-17H,2-11H2,1H3. The van der Waals surface area contributed by atoms with Crippen molar-refractivity contribution in [3.05, 3.63) is 0 Å². The number of ether oxygens (including phenoxy) is 2. The van der Waals surface area contributed by atoms with Crippen molar-refractivity contribution >= 4 is 11.8 Å². The first-order valence-corrected chi connectivity index (χ1v) is 9.00. The molecule has 2 N–H and O–H groups in total. The normalized spacial score (nSPS) is 41.7. The van der Waals surface area contributed by atoms with E-state index in [2.05, 4.69) is 5.32 Å². The maximum Gasteiger partial charge on any atom is 0.0784 e. The molecule has 3 fully saturated rings. The molecule has 0 amide bonds. The maximum atomic E-state index is 11.0. The monoisotopic (exact) mass is 301 g/mol. The fourth-order valence-electron chi connectivity index (χ4n) is 3.84. The molecule has 0 aromatic rings. The van der Waals surface area contributed by atoms with Crippen molar-refractivity contribution in [3.63, 3.8) is 0 Å². The van der Waals surface area contributed by atoms with Gasteiger partial charge in [0.25, 0.3) is 0 Å². The number of nitrogens with one attached hydrogen (secondary N) is 1. The molecular weight excluding hydrogens is 274 g/mol. The summed E-state index contributed by atoms with van der Waals surface area (Å²) in [5.74, 6) is 2.65. The van der Waals surface area contributed by atoms with E-state index in [1.54, 1.807) is 0 Å². The minimum atomic E-state index is -0.623. The Balaban J connectivity index is 1.60. The summed E-state index contributed by atoms with van der Waals surface area (Å²) in [7, 11) is 0. The summed E-state index contributed by atoms with van der Waals surface area (Å²) in [5, 5.41) is 14.4. The van der Waals surface area contributed by atoms with Gasteiger partial charge in [0.05, 0.1) is 24.4 Å². The van der Waals surface area contributed by atoms with E-state index in [0.29, 0.717) is 5.92 Å². The van der Waals surface area contributed by atoms with Crippen LogP contribution in [0.4, 0.5) is 0 Å². The van der Waals surface area contributed by atoms with Crippen molar-refractivity contribution < 1.29 is 14.6 Å². The molecule has 3 saturated heterocycles. The zero-order chi connectivity index (χ0) is 14.1. The average molecular weight is 301 g/mol. The van der Waals surface area contributed by atoms with Crippen molar-refractivity contribution in [2.75, 3.05) is 37.9 Å². The molecule has 4 nitrogen and oxygen atoms in total. The molecule has 0 aromatic carbocycles. The van der Waals surface area contributed by atoms with Gasteiger partial charge < -0.3 is 19.9 Å². The highest BCUT2D eigenvalue weighted by atomic mass is 32.2. The van der Waals surface area contributed by atoms with Crippen LogP contribution in [-0.2, 0) is 9.47 Å². The number of hydrogen-bond donors (Lipinski definition) is 2. The Labute approximate surface area is 126 Å². The summed E-state index contributed by atoms with van der Waals surface area (Å²) in [6.45, 7) is 5.22. The highest BCUT2D eigenvalue weighted by Crippen LogP contribution is 2.44. The molecule has 5 heteroatoms. The van der Waals surface area contributed by atoms with Crippen molar-refractivity contribution in [3.8, 4) is 0 Å². The molecule has 0 aromatic heterocycles. The molecule has 116 valence electrons. The van der Waals surface area contributed by atoms with E-state index in [0.717, 1.165) is 57.8 Å². The molecule has 1 spiro atoms. The topological polar surface area (TPSA) is 50.7 Å². The van der Waals surface area contributed by atoms with Crippen LogP contribution in [0.25, 0.3) is 0 Å². The third-order valence-corrected chi connectivity index (χ3v) is 6.32. The van der Waals surface area contributed by atoms with E-state index in [1.807, 2.05) is 18.7 Å². The number of aliphatic hydroxyl groups is 1. The smallest absolute Gasteiger partial charge is 0.0784 e. The fourth-order valence-corrected chi connectivity index (χ4v) is 5.22. The van der Waals surface area contributed by atoms with Gasteiger partial charge in [-0.3, -0.25) is 0 Å². The molecule has 0 bridgehead atoms. The molecule has 4 unspecified atom stereocenters. The van der Waals surface area contributed by atoms with Gasteiger partial charge in [-0.15, -0.1) is 0 Å². The SMILES string of the molecule is CC(O)(CC1COCCN1)C1CCOC2(CCSC2)C1. The third kappa shape index (κ3) is 3.33. The van der Waals surface area contributed by atoms with Crippen LogP contribution in [-0.4, -0.2) is 60.2 Å². The lowest BCUT2D eigenvalue weighted by atomic mass is 9.74. The molecule has 20 heavy (non-hydrogen) atoms. The van der Waals surface area contributed by atoms with Crippen LogP contribution in [0.1, 0.15) is 32.6 Å². The second kappa shape index (κ2) is 6.13. The lowest BCUT2D eigenvalue weighted by Gasteiger charge is -2.45. The molecule has 4 atom stereocenters. The van der Waals surface area contributed by atoms with E-state index in [-0.39, 0.29) is 11.6 Å². The van der Waals surface area contributed by atoms with E-state index in [4.69, 9.17) is 9.47 Å². The van der Waals surface area contributed by atoms with E-state index in [9.17, 15) is 5.11 Å². The second-order valence-corrected chi connectivity index (χ2v) is 7.92. The quantitative estimate of drug-likeness (QED) is 0.826. The third-order valence-electron chi connectivity index (χ3n) is 5.10. The zero-order valence-corrected chi connectivity index (χ0v) is 13.2. The van der Waals surface area contributed by atoms with Crippen LogP contribution in [0.15, 0.2) is 0 Å². The van der Waals surface area contributed by atoms with Crippen LogP contribution in [0.5, 0.6) is 0 Å². The van der Waals surface area contributed by atoms with Crippen molar-refractivity contribution in [1.82, 2.24) is 5.32 Å². The Morgan fingerprint density at radius 3 is 3.05 bits per heavy atom. The predicted octanol–water partition coefficient (Wildman–Crippen LogP) is 1.42. The summed E-state index contributed by atoms with van der Waals surface area (Å²) in [6, 6.07) is 0.287. The van der Waals surface area contributed by atoms with Crippen molar-refractivity contribution in [2.24, 2.45) is 5.92 Å². The molecule has 0 saturated carbocycles. The number of rotatable bonds is 3. The molecule has 3 heterocycles. The van der Waals surface area contributed by atoms with Gasteiger partial charge in [0.1, 0.15) is 0 Å². The number of hydrogen-bond acceptors (Lipinski definition) is 5. The Bertz CT molecular complexity index is 325. The number of thioether (sulfide) groups is 1. The summed E-state index contributed by atoms with van der Waals surface area (Å²) in [6.07, 6.45) is 3.92. The largest absolute Gasteiger partial charge is 0.390 e. The van der Waals surface area contributed by atoms with E-state index in [1.165, 1.54) is 5.75 Å². The molecule has 0 radical (unpaired) electrons. The zero-order valence-electron chi connectivity index (χ0n) is 12.4. The Morgan fingerprint density at radius 2 is 2.35 bits per heavy atom. The summed E-state index contributed by atoms with van der Waals surface area (Å²) in [5.41, 5.74) is -0.573. The second-order valence-electron chi connectivity index (χ2n) is 6.81. The fraction of sp³-hybridized carbons (Fsp3) is 1.00. The predicted molar refractivity (Wildman–Crippen MR) is 81.2 cm³/mol. The Kier molecular flexibility index (Phi) is 4.63. The van der Waals surface area contributed by atoms with Gasteiger partial charge >= 0.3 is 0 Å². The van der Waals surface area contributed by atoms with Gasteiger partial charge in [-0.05, 0) is 44.3 Å². The van der Waals surface area contributed by atoms with Gasteiger partial charge in [-0.2, -0.15) is 11.8 Å². The highest BCUT2D eigenvalue weighted by Gasteiger charge is 2.46. The minimum Gasteiger partial charge on any atom is -0.390 e. The van der Waals surface area contributed by atoms with Crippen LogP contribution >= 0.6 is 11.8 Å². The lowest BCUT2D eigenvalue weighted by molar-refractivity contribution is -0.133. The van der Waals surface area contributed by atoms with E-state index >= 15 is 0 Å². The summed E-state index contributed by atoms with van der Waals surface area (Å²) in [4.78, 5) is 0. The highest BCUT2D eigenvalue weighted by molar-refractivity contribution is 7.99. The first kappa shape index (κ1) is 15.1. The van der Waals surface area contributed by atoms with Crippen LogP contribution in [0.2, 0.25) is 0 Å². The maximum absolute atomic E-state index is 11.0. The lowest BCUT2D eigenvalue weighted by Crippen LogP contribution is -2.52. The van der Waals surface area contributed by atoms with Crippen LogP contribution < -0.4 is 5.32 Å². The van der Waals surface area contributed by atoms with Gasteiger partial charge in [-0.25, -0.2) is 0 Å². The molecular formula is C15H27NO3S. The van der Waals surface area contributed by atoms with Crippen molar-refractivity contribution in [1.29, 1.82) is 0 Å². The molecule has 3 aliphatic rings. The Hall–Kier alpha value is 0.190. The first-order valence-electron chi connectivity index (χ1n) is 7.85. The van der Waals surface area contributed by atoms with Gasteiger partial charge in [0.2, 0.25) is 0 Å². The average Bonchev–Trinajstić information content (AvgIpc) is 2.87. The Morgan fingerprint density at radius 1 is 1.45 bits per heavy atom. The minimum absolute atomic E-state index is 0.0497. The van der Waals surface area contributed by atoms with Crippen molar-refractivity contribution in [2.45, 2.75) is 49.9 Å². The first-order chi connectivity index (χ1) is 9.60. The summed E-state index contributed by atoms with van der Waals surface area (Å²) < 4.78 is 11.6. The van der Waals surface area contributed by atoms with Crippen LogP contribution in [0, 0.1) is 5.92 Å². The van der Waals surface area contributed by atoms with Gasteiger partial charge in [-0.1, -0.05) is 0 Å². The number of morpholine rings is 1. The molecule has 0 aliphatic carbocycles. The van der Waals surface area contributed by atoms with Gasteiger partial charge in [0.15, 0.2) is 0 Å².